The smallest absolute Gasteiger partial charge is 0.400 e. The molecule has 4 heteroatoms. The molecule has 22 heavy (non-hydrogen) atoms. The first-order chi connectivity index (χ1) is 10.3. The maximum atomic E-state index is 6.20. The molecule has 0 bridgehead atoms. The van der Waals surface area contributed by atoms with Gasteiger partial charge in [-0.05, 0) is 83.5 Å². The normalized spacial score (nSPS) is 37.4. The maximum absolute atomic E-state index is 6.20. The van der Waals surface area contributed by atoms with Gasteiger partial charge in [-0.3, -0.25) is 0 Å². The molecule has 124 valence electrons. The number of allylic oxidation sites excluding steroid dienone is 2. The van der Waals surface area contributed by atoms with Crippen molar-refractivity contribution in [2.75, 3.05) is 7.11 Å². The maximum Gasteiger partial charge on any atom is 0.490 e. The molecule has 0 N–H and O–H groups in total. The van der Waals surface area contributed by atoms with Gasteiger partial charge in [-0.15, -0.1) is 0 Å². The highest BCUT2D eigenvalue weighted by molar-refractivity contribution is 6.54. The van der Waals surface area contributed by atoms with Crippen molar-refractivity contribution in [3.05, 3.63) is 11.5 Å². The zero-order valence-corrected chi connectivity index (χ0v) is 14.9. The Hall–Kier alpha value is -0.315. The minimum Gasteiger partial charge on any atom is -0.400 e. The van der Waals surface area contributed by atoms with E-state index >= 15 is 0 Å². The second-order valence-electron chi connectivity index (χ2n) is 8.51. The SMILES string of the molecule is COC1CCC2(CC=C(B3OC(C)(C)C(C)(C)O3)CC2)CC1. The molecule has 1 saturated heterocycles. The molecule has 0 unspecified atom stereocenters. The third-order valence-electron chi connectivity index (χ3n) is 6.62. The van der Waals surface area contributed by atoms with E-state index in [1.165, 1.54) is 44.0 Å². The van der Waals surface area contributed by atoms with Gasteiger partial charge in [0.15, 0.2) is 0 Å². The van der Waals surface area contributed by atoms with Crippen LogP contribution in [0.5, 0.6) is 0 Å². The Kier molecular flexibility index (Phi) is 4.24. The predicted molar refractivity (Wildman–Crippen MR) is 89.7 cm³/mol. The van der Waals surface area contributed by atoms with Gasteiger partial charge >= 0.3 is 7.12 Å². The Morgan fingerprint density at radius 1 is 1.05 bits per heavy atom. The first kappa shape index (κ1) is 16.5. The summed E-state index contributed by atoms with van der Waals surface area (Å²) in [5.74, 6) is 0. The molecule has 2 fully saturated rings. The standard InChI is InChI=1S/C18H31BO3/c1-16(2)17(3,4)22-19(21-16)14-6-10-18(11-7-14)12-8-15(20-5)9-13-18/h6,15H,7-13H2,1-5H3. The Bertz CT molecular complexity index is 431. The lowest BCUT2D eigenvalue weighted by Gasteiger charge is -2.42. The van der Waals surface area contributed by atoms with Crippen molar-refractivity contribution in [3.8, 4) is 0 Å². The molecule has 2 aliphatic carbocycles. The van der Waals surface area contributed by atoms with Crippen molar-refractivity contribution in [2.45, 2.75) is 89.9 Å². The van der Waals surface area contributed by atoms with E-state index in [1.807, 2.05) is 7.11 Å². The zero-order valence-electron chi connectivity index (χ0n) is 14.9. The largest absolute Gasteiger partial charge is 0.490 e. The second-order valence-corrected chi connectivity index (χ2v) is 8.51. The van der Waals surface area contributed by atoms with Crippen LogP contribution in [0.1, 0.15) is 72.6 Å². The van der Waals surface area contributed by atoms with Crippen LogP contribution in [0, 0.1) is 5.41 Å². The number of ether oxygens (including phenoxy) is 1. The van der Waals surface area contributed by atoms with Gasteiger partial charge in [-0.1, -0.05) is 6.08 Å². The quantitative estimate of drug-likeness (QED) is 0.712. The number of hydrogen-bond donors (Lipinski definition) is 0. The van der Waals surface area contributed by atoms with Crippen molar-refractivity contribution in [1.29, 1.82) is 0 Å². The minimum absolute atomic E-state index is 0.141. The summed E-state index contributed by atoms with van der Waals surface area (Å²) in [6.07, 6.45) is 11.5. The molecule has 0 atom stereocenters. The molecule has 3 rings (SSSR count). The minimum atomic E-state index is -0.232. The number of rotatable bonds is 2. The van der Waals surface area contributed by atoms with E-state index in [9.17, 15) is 0 Å². The van der Waals surface area contributed by atoms with Gasteiger partial charge in [0, 0.05) is 7.11 Å². The molecule has 1 aliphatic heterocycles. The van der Waals surface area contributed by atoms with E-state index < -0.39 is 0 Å². The number of hydrogen-bond acceptors (Lipinski definition) is 3. The average Bonchev–Trinajstić information content (AvgIpc) is 2.69. The molecule has 3 aliphatic rings. The molecular formula is C18H31BO3. The highest BCUT2D eigenvalue weighted by Crippen LogP contribution is 2.49. The second kappa shape index (κ2) is 5.64. The lowest BCUT2D eigenvalue weighted by atomic mass is 9.61. The fourth-order valence-corrected chi connectivity index (χ4v) is 4.06. The van der Waals surface area contributed by atoms with E-state index in [0.29, 0.717) is 11.5 Å². The van der Waals surface area contributed by atoms with Gasteiger partial charge in [-0.2, -0.15) is 0 Å². The lowest BCUT2D eigenvalue weighted by molar-refractivity contribution is 0.00578. The van der Waals surface area contributed by atoms with Gasteiger partial charge < -0.3 is 14.0 Å². The summed E-state index contributed by atoms with van der Waals surface area (Å²) >= 11 is 0. The third-order valence-corrected chi connectivity index (χ3v) is 6.62. The van der Waals surface area contributed by atoms with Gasteiger partial charge in [0.1, 0.15) is 0 Å². The van der Waals surface area contributed by atoms with E-state index in [0.717, 1.165) is 6.42 Å². The van der Waals surface area contributed by atoms with E-state index in [2.05, 4.69) is 33.8 Å². The van der Waals surface area contributed by atoms with E-state index in [-0.39, 0.29) is 18.3 Å². The molecule has 0 aromatic rings. The summed E-state index contributed by atoms with van der Waals surface area (Å²) in [4.78, 5) is 0. The zero-order chi connectivity index (χ0) is 16.0. The highest BCUT2D eigenvalue weighted by Gasteiger charge is 2.53. The molecule has 0 aromatic carbocycles. The molecular weight excluding hydrogens is 275 g/mol. The van der Waals surface area contributed by atoms with Crippen LogP contribution in [0.15, 0.2) is 11.5 Å². The van der Waals surface area contributed by atoms with Crippen LogP contribution in [-0.4, -0.2) is 31.5 Å². The first-order valence-corrected chi connectivity index (χ1v) is 8.84. The summed E-state index contributed by atoms with van der Waals surface area (Å²) in [7, 11) is 1.71. The molecule has 1 saturated carbocycles. The van der Waals surface area contributed by atoms with Crippen LogP contribution < -0.4 is 0 Å². The highest BCUT2D eigenvalue weighted by atomic mass is 16.7. The van der Waals surface area contributed by atoms with Crippen LogP contribution in [0.25, 0.3) is 0 Å². The van der Waals surface area contributed by atoms with Crippen LogP contribution in [0.4, 0.5) is 0 Å². The molecule has 0 radical (unpaired) electrons. The summed E-state index contributed by atoms with van der Waals surface area (Å²) < 4.78 is 17.9. The molecule has 1 spiro atoms. The van der Waals surface area contributed by atoms with Crippen molar-refractivity contribution in [1.82, 2.24) is 0 Å². The van der Waals surface area contributed by atoms with Crippen LogP contribution >= 0.6 is 0 Å². The first-order valence-electron chi connectivity index (χ1n) is 8.84. The topological polar surface area (TPSA) is 27.7 Å². The van der Waals surface area contributed by atoms with Crippen molar-refractivity contribution < 1.29 is 14.0 Å². The Morgan fingerprint density at radius 3 is 2.09 bits per heavy atom. The molecule has 0 aromatic heterocycles. The fraction of sp³-hybridized carbons (Fsp3) is 0.889. The van der Waals surface area contributed by atoms with E-state index in [4.69, 9.17) is 14.0 Å². The Labute approximate surface area is 135 Å². The van der Waals surface area contributed by atoms with Gasteiger partial charge in [0.25, 0.3) is 0 Å². The number of methoxy groups -OCH3 is 1. The van der Waals surface area contributed by atoms with Crippen LogP contribution in [0.2, 0.25) is 0 Å². The predicted octanol–water partition coefficient (Wildman–Crippen LogP) is 4.30. The fourth-order valence-electron chi connectivity index (χ4n) is 4.06. The van der Waals surface area contributed by atoms with Crippen molar-refractivity contribution >= 4 is 7.12 Å². The molecule has 0 amide bonds. The van der Waals surface area contributed by atoms with Gasteiger partial charge in [-0.25, -0.2) is 0 Å². The Balaban J connectivity index is 1.63. The lowest BCUT2D eigenvalue weighted by Crippen LogP contribution is -2.41. The third kappa shape index (κ3) is 2.90. The summed E-state index contributed by atoms with van der Waals surface area (Å²) in [5.41, 5.74) is 1.41. The van der Waals surface area contributed by atoms with Crippen molar-refractivity contribution in [2.24, 2.45) is 5.41 Å². The summed E-state index contributed by atoms with van der Waals surface area (Å²) in [5, 5.41) is 0. The van der Waals surface area contributed by atoms with Crippen molar-refractivity contribution in [3.63, 3.8) is 0 Å². The average molecular weight is 306 g/mol. The summed E-state index contributed by atoms with van der Waals surface area (Å²) in [6, 6.07) is 0. The molecule has 3 nitrogen and oxygen atoms in total. The van der Waals surface area contributed by atoms with Crippen LogP contribution in [-0.2, 0) is 14.0 Å². The van der Waals surface area contributed by atoms with Gasteiger partial charge in [0.05, 0.1) is 17.3 Å². The monoisotopic (exact) mass is 306 g/mol. The Morgan fingerprint density at radius 2 is 1.64 bits per heavy atom. The molecule has 1 heterocycles. The summed E-state index contributed by atoms with van der Waals surface area (Å²) in [6.45, 7) is 8.52. The van der Waals surface area contributed by atoms with Crippen LogP contribution in [0.3, 0.4) is 0 Å². The van der Waals surface area contributed by atoms with Gasteiger partial charge in [0.2, 0.25) is 0 Å². The van der Waals surface area contributed by atoms with E-state index in [1.54, 1.807) is 0 Å².